The van der Waals surface area contributed by atoms with Crippen LogP contribution in [0.15, 0.2) is 21.6 Å². The zero-order valence-electron chi connectivity index (χ0n) is 15.6. The van der Waals surface area contributed by atoms with Crippen LogP contribution >= 0.6 is 0 Å². The number of amides is 1. The number of nitrogens with zero attached hydrogens (tertiary/aromatic N) is 4. The van der Waals surface area contributed by atoms with Crippen molar-refractivity contribution in [2.45, 2.75) is 26.4 Å². The molecular weight excluding hydrogens is 372 g/mol. The third-order valence-corrected chi connectivity index (χ3v) is 4.44. The topological polar surface area (TPSA) is 138 Å². The predicted octanol–water partition coefficient (Wildman–Crippen LogP) is 0.135. The van der Waals surface area contributed by atoms with Crippen LogP contribution in [0.25, 0.3) is 0 Å². The Hall–Kier alpha value is -3.34. The maximum Gasteiger partial charge on any atom is 0.341 e. The van der Waals surface area contributed by atoms with Crippen molar-refractivity contribution in [1.82, 2.24) is 14.7 Å². The minimum absolute atomic E-state index is 0.0592. The van der Waals surface area contributed by atoms with E-state index in [4.69, 9.17) is 9.26 Å². The lowest BCUT2D eigenvalue weighted by atomic mass is 10.1. The van der Waals surface area contributed by atoms with E-state index in [2.05, 4.69) is 5.16 Å². The minimum atomic E-state index is -1.50. The van der Waals surface area contributed by atoms with Gasteiger partial charge in [-0.3, -0.25) is 19.3 Å². The second-order valence-electron chi connectivity index (χ2n) is 6.53. The molecule has 0 saturated carbocycles. The van der Waals surface area contributed by atoms with Gasteiger partial charge in [0, 0.05) is 19.4 Å². The maximum atomic E-state index is 12.9. The molecule has 0 fully saturated rings. The van der Waals surface area contributed by atoms with Gasteiger partial charge in [0.25, 0.3) is 5.91 Å². The lowest BCUT2D eigenvalue weighted by Gasteiger charge is -2.41. The Kier molecular flexibility index (Phi) is 5.10. The van der Waals surface area contributed by atoms with Crippen molar-refractivity contribution >= 4 is 11.9 Å². The van der Waals surface area contributed by atoms with Crippen molar-refractivity contribution in [3.63, 3.8) is 0 Å². The molecule has 0 unspecified atom stereocenters. The molecule has 2 N–H and O–H groups in total. The van der Waals surface area contributed by atoms with E-state index in [1.165, 1.54) is 16.7 Å². The molecule has 0 saturated heterocycles. The van der Waals surface area contributed by atoms with Crippen LogP contribution in [-0.2, 0) is 11.3 Å². The smallest absolute Gasteiger partial charge is 0.341 e. The number of carboxylic acids is 1. The number of carboxylic acid groups (broad SMARTS) is 1. The molecule has 150 valence electrons. The van der Waals surface area contributed by atoms with Crippen LogP contribution in [0, 0.1) is 6.92 Å². The monoisotopic (exact) mass is 392 g/mol. The van der Waals surface area contributed by atoms with Gasteiger partial charge in [-0.2, -0.15) is 0 Å². The molecule has 1 aliphatic heterocycles. The summed E-state index contributed by atoms with van der Waals surface area (Å²) >= 11 is 0. The number of rotatable bonds is 6. The lowest BCUT2D eigenvalue weighted by Crippen LogP contribution is -2.57. The van der Waals surface area contributed by atoms with Gasteiger partial charge in [-0.15, -0.1) is 0 Å². The van der Waals surface area contributed by atoms with E-state index in [0.29, 0.717) is 11.5 Å². The first-order chi connectivity index (χ1) is 13.2. The minimum Gasteiger partial charge on any atom is -0.502 e. The zero-order chi connectivity index (χ0) is 20.6. The van der Waals surface area contributed by atoms with E-state index < -0.39 is 28.6 Å². The van der Waals surface area contributed by atoms with Crippen molar-refractivity contribution in [2.75, 3.05) is 25.4 Å². The van der Waals surface area contributed by atoms with E-state index >= 15 is 0 Å². The number of aromatic carboxylic acids is 1. The molecule has 0 bridgehead atoms. The fraction of sp³-hybridized carbons (Fsp3) is 0.412. The molecule has 3 heterocycles. The third kappa shape index (κ3) is 3.31. The van der Waals surface area contributed by atoms with Crippen LogP contribution in [0.3, 0.4) is 0 Å². The number of aryl methyl sites for hydroxylation is 1. The largest absolute Gasteiger partial charge is 0.502 e. The summed E-state index contributed by atoms with van der Waals surface area (Å²) < 4.78 is 11.3. The number of aromatic nitrogens is 2. The summed E-state index contributed by atoms with van der Waals surface area (Å²) in [5.74, 6) is -2.44. The number of aromatic hydroxyl groups is 1. The SMILES string of the molecule is COC[C@H](C)N1CN(Cc2cc(C)on2)n2cc(C(=O)O)c(=O)c(O)c2C1=O. The molecule has 3 rings (SSSR count). The standard InChI is InChI=1S/C17H20N4O7/c1-9(7-27-3)20-8-19(5-11-4-10(2)28-18-11)21-6-12(17(25)26)14(22)15(23)13(21)16(20)24/h4,6,9,23H,5,7-8H2,1-3H3,(H,25,26)/t9-/m0/s1. The second kappa shape index (κ2) is 7.35. The van der Waals surface area contributed by atoms with E-state index in [-0.39, 0.29) is 31.6 Å². The number of carbonyl (C=O) groups is 2. The fourth-order valence-corrected chi connectivity index (χ4v) is 3.08. The summed E-state index contributed by atoms with van der Waals surface area (Å²) in [5.41, 5.74) is -1.55. The highest BCUT2D eigenvalue weighted by Crippen LogP contribution is 2.24. The molecule has 0 radical (unpaired) electrons. The summed E-state index contributed by atoms with van der Waals surface area (Å²) in [5, 5.41) is 25.1. The number of fused-ring (bicyclic) bond motifs is 1. The van der Waals surface area contributed by atoms with E-state index in [1.807, 2.05) is 0 Å². The van der Waals surface area contributed by atoms with Crippen molar-refractivity contribution in [3.8, 4) is 5.75 Å². The van der Waals surface area contributed by atoms with Crippen molar-refractivity contribution in [3.05, 3.63) is 45.2 Å². The molecule has 0 aromatic carbocycles. The van der Waals surface area contributed by atoms with E-state index in [9.17, 15) is 24.6 Å². The first kappa shape index (κ1) is 19.4. The average molecular weight is 392 g/mol. The molecule has 0 aliphatic carbocycles. The summed E-state index contributed by atoms with van der Waals surface area (Å²) in [6.07, 6.45) is 1.03. The van der Waals surface area contributed by atoms with Gasteiger partial charge in [-0.25, -0.2) is 4.79 Å². The zero-order valence-corrected chi connectivity index (χ0v) is 15.6. The number of ether oxygens (including phenoxy) is 1. The molecule has 28 heavy (non-hydrogen) atoms. The predicted molar refractivity (Wildman–Crippen MR) is 94.9 cm³/mol. The van der Waals surface area contributed by atoms with E-state index in [1.54, 1.807) is 24.9 Å². The molecule has 2 aromatic rings. The Bertz CT molecular complexity index is 980. The highest BCUT2D eigenvalue weighted by molar-refractivity contribution is 5.98. The highest BCUT2D eigenvalue weighted by Gasteiger charge is 2.36. The van der Waals surface area contributed by atoms with Gasteiger partial charge >= 0.3 is 5.97 Å². The van der Waals surface area contributed by atoms with Gasteiger partial charge < -0.3 is 24.4 Å². The average Bonchev–Trinajstić information content (AvgIpc) is 3.04. The Labute approximate surface area is 159 Å². The molecule has 11 heteroatoms. The Morgan fingerprint density at radius 3 is 2.71 bits per heavy atom. The molecular formula is C17H20N4O7. The summed E-state index contributed by atoms with van der Waals surface area (Å²) in [6, 6.07) is 1.33. The maximum absolute atomic E-state index is 12.9. The Morgan fingerprint density at radius 1 is 1.43 bits per heavy atom. The van der Waals surface area contributed by atoms with Crippen LogP contribution in [0.1, 0.15) is 39.2 Å². The number of pyridine rings is 1. The van der Waals surface area contributed by atoms with Crippen molar-refractivity contribution in [2.24, 2.45) is 0 Å². The number of hydrogen-bond acceptors (Lipinski definition) is 8. The Balaban J connectivity index is 2.14. The summed E-state index contributed by atoms with van der Waals surface area (Å²) in [6.45, 7) is 3.93. The first-order valence-electron chi connectivity index (χ1n) is 8.43. The van der Waals surface area contributed by atoms with Gasteiger partial charge in [0.1, 0.15) is 23.7 Å². The van der Waals surface area contributed by atoms with Crippen molar-refractivity contribution in [1.29, 1.82) is 0 Å². The lowest BCUT2D eigenvalue weighted by molar-refractivity contribution is 0.0475. The van der Waals surface area contributed by atoms with Gasteiger partial charge in [0.15, 0.2) is 11.4 Å². The molecule has 2 aromatic heterocycles. The molecule has 11 nitrogen and oxygen atoms in total. The number of carbonyl (C=O) groups excluding carboxylic acids is 1. The fourth-order valence-electron chi connectivity index (χ4n) is 3.08. The van der Waals surface area contributed by atoms with Crippen LogP contribution in [-0.4, -0.2) is 63.2 Å². The normalized spacial score (nSPS) is 14.9. The summed E-state index contributed by atoms with van der Waals surface area (Å²) in [4.78, 5) is 38.0. The van der Waals surface area contributed by atoms with Crippen LogP contribution in [0.2, 0.25) is 0 Å². The third-order valence-electron chi connectivity index (χ3n) is 4.44. The van der Waals surface area contributed by atoms with Crippen LogP contribution in [0.4, 0.5) is 0 Å². The molecule has 1 amide bonds. The van der Waals surface area contributed by atoms with Gasteiger partial charge in [-0.1, -0.05) is 5.16 Å². The highest BCUT2D eigenvalue weighted by atomic mass is 16.5. The second-order valence-corrected chi connectivity index (χ2v) is 6.53. The molecule has 1 atom stereocenters. The first-order valence-corrected chi connectivity index (χ1v) is 8.43. The van der Waals surface area contributed by atoms with Crippen molar-refractivity contribution < 1.29 is 29.1 Å². The number of hydrogen-bond donors (Lipinski definition) is 2. The van der Waals surface area contributed by atoms with E-state index in [0.717, 1.165) is 6.20 Å². The molecule has 1 aliphatic rings. The molecule has 0 spiro atoms. The quantitative estimate of drug-likeness (QED) is 0.702. The number of methoxy groups -OCH3 is 1. The summed E-state index contributed by atoms with van der Waals surface area (Å²) in [7, 11) is 1.50. The van der Waals surface area contributed by atoms with Crippen LogP contribution < -0.4 is 10.4 Å². The van der Waals surface area contributed by atoms with Gasteiger partial charge in [0.2, 0.25) is 5.43 Å². The van der Waals surface area contributed by atoms with Gasteiger partial charge in [0.05, 0.1) is 19.2 Å². The van der Waals surface area contributed by atoms with Crippen LogP contribution in [0.5, 0.6) is 5.75 Å². The van der Waals surface area contributed by atoms with Gasteiger partial charge in [-0.05, 0) is 13.8 Å². The Morgan fingerprint density at radius 2 is 2.14 bits per heavy atom.